The van der Waals surface area contributed by atoms with Gasteiger partial charge in [-0.15, -0.1) is 0 Å². The van der Waals surface area contributed by atoms with Crippen LogP contribution in [0.4, 0.5) is 0 Å². The first-order valence-electron chi connectivity index (χ1n) is 4.35. The number of rotatable bonds is 3. The van der Waals surface area contributed by atoms with E-state index in [2.05, 4.69) is 16.5 Å². The number of nitrogens with zero attached hydrogens (tertiary/aromatic N) is 2. The Bertz CT molecular complexity index is 448. The number of aromatic nitrogens is 2. The summed E-state index contributed by atoms with van der Waals surface area (Å²) in [5, 5.41) is 0.928. The van der Waals surface area contributed by atoms with E-state index < -0.39 is 0 Å². The summed E-state index contributed by atoms with van der Waals surface area (Å²) >= 11 is 0. The molecule has 70 valence electrons. The molecule has 1 aromatic carbocycles. The van der Waals surface area contributed by atoms with Gasteiger partial charge in [-0.05, 0) is 12.1 Å². The summed E-state index contributed by atoms with van der Waals surface area (Å²) in [6.45, 7) is 4.05. The zero-order chi connectivity index (χ0) is 9.80. The summed E-state index contributed by atoms with van der Waals surface area (Å²) < 4.78 is 5.40. The van der Waals surface area contributed by atoms with Crippen molar-refractivity contribution in [2.45, 2.75) is 0 Å². The highest BCUT2D eigenvalue weighted by Gasteiger charge is 2.01. The lowest BCUT2D eigenvalue weighted by Gasteiger charge is -2.04. The number of hydrogen-bond acceptors (Lipinski definition) is 3. The average Bonchev–Trinajstić information content (AvgIpc) is 2.26. The Kier molecular flexibility index (Phi) is 2.40. The minimum atomic E-state index is 0.459. The standard InChI is InChI=1S/C11H10N2O/c1-2-7-14-11-9-5-3-4-6-10(9)12-8-13-11/h2-6,8H,1,7H2. The third-order valence-corrected chi connectivity index (χ3v) is 1.84. The van der Waals surface area contributed by atoms with Gasteiger partial charge in [0.2, 0.25) is 5.88 Å². The Morgan fingerprint density at radius 2 is 2.14 bits per heavy atom. The van der Waals surface area contributed by atoms with Crippen molar-refractivity contribution in [2.75, 3.05) is 6.61 Å². The maximum Gasteiger partial charge on any atom is 0.224 e. The maximum atomic E-state index is 5.40. The Morgan fingerprint density at radius 1 is 1.29 bits per heavy atom. The van der Waals surface area contributed by atoms with Crippen LogP contribution >= 0.6 is 0 Å². The van der Waals surface area contributed by atoms with Gasteiger partial charge in [-0.2, -0.15) is 0 Å². The zero-order valence-electron chi connectivity index (χ0n) is 7.68. The van der Waals surface area contributed by atoms with Crippen LogP contribution in [-0.4, -0.2) is 16.6 Å². The fourth-order valence-electron chi connectivity index (χ4n) is 1.23. The third kappa shape index (κ3) is 1.57. The predicted octanol–water partition coefficient (Wildman–Crippen LogP) is 2.19. The molecule has 14 heavy (non-hydrogen) atoms. The summed E-state index contributed by atoms with van der Waals surface area (Å²) in [7, 11) is 0. The molecule has 2 rings (SSSR count). The minimum absolute atomic E-state index is 0.459. The van der Waals surface area contributed by atoms with Crippen LogP contribution in [-0.2, 0) is 0 Å². The van der Waals surface area contributed by atoms with E-state index in [1.54, 1.807) is 6.08 Å². The van der Waals surface area contributed by atoms with Crippen molar-refractivity contribution < 1.29 is 4.74 Å². The number of fused-ring (bicyclic) bond motifs is 1. The summed E-state index contributed by atoms with van der Waals surface area (Å²) in [5.41, 5.74) is 0.890. The lowest BCUT2D eigenvalue weighted by Crippen LogP contribution is -1.96. The molecule has 1 aromatic heterocycles. The number of para-hydroxylation sites is 1. The molecule has 0 atom stereocenters. The lowest BCUT2D eigenvalue weighted by molar-refractivity contribution is 0.353. The molecule has 0 aliphatic heterocycles. The maximum absolute atomic E-state index is 5.40. The molecule has 0 amide bonds. The topological polar surface area (TPSA) is 35.0 Å². The monoisotopic (exact) mass is 186 g/mol. The number of ether oxygens (including phenoxy) is 1. The third-order valence-electron chi connectivity index (χ3n) is 1.84. The van der Waals surface area contributed by atoms with Crippen molar-refractivity contribution in [2.24, 2.45) is 0 Å². The van der Waals surface area contributed by atoms with E-state index in [0.717, 1.165) is 10.9 Å². The molecule has 0 spiro atoms. The Hall–Kier alpha value is -1.90. The van der Waals surface area contributed by atoms with Gasteiger partial charge in [0.05, 0.1) is 10.9 Å². The molecule has 1 heterocycles. The Labute approximate surface area is 82.1 Å². The van der Waals surface area contributed by atoms with E-state index in [1.165, 1.54) is 6.33 Å². The Morgan fingerprint density at radius 3 is 3.00 bits per heavy atom. The quantitative estimate of drug-likeness (QED) is 0.689. The van der Waals surface area contributed by atoms with E-state index >= 15 is 0 Å². The van der Waals surface area contributed by atoms with E-state index in [0.29, 0.717) is 12.5 Å². The van der Waals surface area contributed by atoms with Crippen LogP contribution in [0, 0.1) is 0 Å². The molecular weight excluding hydrogens is 176 g/mol. The molecule has 0 saturated heterocycles. The second kappa shape index (κ2) is 3.87. The molecule has 0 bridgehead atoms. The van der Waals surface area contributed by atoms with Gasteiger partial charge in [0.25, 0.3) is 0 Å². The highest BCUT2D eigenvalue weighted by molar-refractivity contribution is 5.82. The van der Waals surface area contributed by atoms with Crippen LogP contribution in [0.1, 0.15) is 0 Å². The van der Waals surface area contributed by atoms with Gasteiger partial charge in [-0.25, -0.2) is 9.97 Å². The van der Waals surface area contributed by atoms with E-state index in [4.69, 9.17) is 4.74 Å². The molecule has 3 heteroatoms. The van der Waals surface area contributed by atoms with Crippen molar-refractivity contribution >= 4 is 10.9 Å². The molecule has 0 fully saturated rings. The van der Waals surface area contributed by atoms with Gasteiger partial charge in [0.15, 0.2) is 0 Å². The summed E-state index contributed by atoms with van der Waals surface area (Å²) in [6.07, 6.45) is 3.19. The van der Waals surface area contributed by atoms with Crippen LogP contribution in [0.5, 0.6) is 5.88 Å². The minimum Gasteiger partial charge on any atom is -0.473 e. The fourth-order valence-corrected chi connectivity index (χ4v) is 1.23. The molecule has 0 aliphatic rings. The van der Waals surface area contributed by atoms with Gasteiger partial charge in [0, 0.05) is 0 Å². The number of hydrogen-bond donors (Lipinski definition) is 0. The van der Waals surface area contributed by atoms with Crippen LogP contribution in [0.3, 0.4) is 0 Å². The van der Waals surface area contributed by atoms with Crippen molar-refractivity contribution in [1.82, 2.24) is 9.97 Å². The van der Waals surface area contributed by atoms with Crippen LogP contribution < -0.4 is 4.74 Å². The molecule has 3 nitrogen and oxygen atoms in total. The van der Waals surface area contributed by atoms with Gasteiger partial charge in [-0.3, -0.25) is 0 Å². The molecule has 0 N–H and O–H groups in total. The van der Waals surface area contributed by atoms with Crippen LogP contribution in [0.25, 0.3) is 10.9 Å². The smallest absolute Gasteiger partial charge is 0.224 e. The first kappa shape index (κ1) is 8.69. The first-order valence-corrected chi connectivity index (χ1v) is 4.35. The predicted molar refractivity (Wildman–Crippen MR) is 55.2 cm³/mol. The van der Waals surface area contributed by atoms with Gasteiger partial charge in [0.1, 0.15) is 12.9 Å². The second-order valence-electron chi connectivity index (χ2n) is 2.80. The average molecular weight is 186 g/mol. The molecule has 0 aliphatic carbocycles. The first-order chi connectivity index (χ1) is 6.92. The van der Waals surface area contributed by atoms with Gasteiger partial charge in [-0.1, -0.05) is 24.8 Å². The van der Waals surface area contributed by atoms with Crippen molar-refractivity contribution in [3.63, 3.8) is 0 Å². The second-order valence-corrected chi connectivity index (χ2v) is 2.80. The summed E-state index contributed by atoms with van der Waals surface area (Å²) in [6, 6.07) is 7.74. The summed E-state index contributed by atoms with van der Waals surface area (Å²) in [4.78, 5) is 8.20. The van der Waals surface area contributed by atoms with Crippen molar-refractivity contribution in [3.8, 4) is 5.88 Å². The Balaban J connectivity index is 2.48. The van der Waals surface area contributed by atoms with Crippen LogP contribution in [0.15, 0.2) is 43.2 Å². The zero-order valence-corrected chi connectivity index (χ0v) is 7.68. The lowest BCUT2D eigenvalue weighted by atomic mass is 10.2. The van der Waals surface area contributed by atoms with Crippen molar-refractivity contribution in [1.29, 1.82) is 0 Å². The highest BCUT2D eigenvalue weighted by Crippen LogP contribution is 2.20. The molecule has 0 saturated carbocycles. The summed E-state index contributed by atoms with van der Waals surface area (Å²) in [5.74, 6) is 0.607. The molecule has 0 unspecified atom stereocenters. The molecule has 0 radical (unpaired) electrons. The molecular formula is C11H10N2O. The van der Waals surface area contributed by atoms with Gasteiger partial charge >= 0.3 is 0 Å². The highest BCUT2D eigenvalue weighted by atomic mass is 16.5. The normalized spacial score (nSPS) is 10.0. The van der Waals surface area contributed by atoms with Crippen LogP contribution in [0.2, 0.25) is 0 Å². The van der Waals surface area contributed by atoms with Gasteiger partial charge < -0.3 is 4.74 Å². The fraction of sp³-hybridized carbons (Fsp3) is 0.0909. The van der Waals surface area contributed by atoms with E-state index in [-0.39, 0.29) is 0 Å². The van der Waals surface area contributed by atoms with E-state index in [9.17, 15) is 0 Å². The molecule has 2 aromatic rings. The van der Waals surface area contributed by atoms with E-state index in [1.807, 2.05) is 24.3 Å². The SMILES string of the molecule is C=CCOc1ncnc2ccccc12. The van der Waals surface area contributed by atoms with Crippen molar-refractivity contribution in [3.05, 3.63) is 43.2 Å². The number of benzene rings is 1. The largest absolute Gasteiger partial charge is 0.473 e.